The zero-order valence-electron chi connectivity index (χ0n) is 15.1. The smallest absolute Gasteiger partial charge is 0.326 e. The fourth-order valence-corrected chi connectivity index (χ4v) is 5.19. The summed E-state index contributed by atoms with van der Waals surface area (Å²) in [5.41, 5.74) is -0.399. The number of rotatable bonds is 5. The second-order valence-electron chi connectivity index (χ2n) is 6.64. The summed E-state index contributed by atoms with van der Waals surface area (Å²) in [5.74, 6) is 0.724. The number of imidazole rings is 1. The Labute approximate surface area is 171 Å². The maximum atomic E-state index is 13.1. The number of nitrogens with zero attached hydrogens (tertiary/aromatic N) is 1. The summed E-state index contributed by atoms with van der Waals surface area (Å²) >= 11 is 5.85. The third-order valence-corrected chi connectivity index (χ3v) is 6.93. The Hall–Kier alpha value is -2.75. The van der Waals surface area contributed by atoms with Gasteiger partial charge in [-0.15, -0.1) is 0 Å². The van der Waals surface area contributed by atoms with Gasteiger partial charge in [-0.2, -0.15) is 4.31 Å². The van der Waals surface area contributed by atoms with Crippen molar-refractivity contribution in [1.29, 1.82) is 0 Å². The Morgan fingerprint density at radius 3 is 2.24 bits per heavy atom. The molecule has 1 aliphatic rings. The molecular weight excluding hydrogens is 418 g/mol. The monoisotopic (exact) mass is 435 g/mol. The average Bonchev–Trinajstić information content (AvgIpc) is 3.30. The fraction of sp³-hybridized carbons (Fsp3) is 0.211. The number of aromatic nitrogens is 2. The zero-order chi connectivity index (χ0) is 20.6. The highest BCUT2D eigenvalue weighted by Gasteiger charge is 2.38. The van der Waals surface area contributed by atoms with E-state index in [1.165, 1.54) is 16.4 Å². The normalized spacial score (nSPS) is 17.5. The molecule has 152 valence electrons. The maximum Gasteiger partial charge on any atom is 0.326 e. The van der Waals surface area contributed by atoms with Gasteiger partial charge in [-0.3, -0.25) is 4.98 Å². The number of hydrogen-bond acceptors (Lipinski definition) is 5. The van der Waals surface area contributed by atoms with Crippen LogP contribution in [0.1, 0.15) is 24.6 Å². The lowest BCUT2D eigenvalue weighted by Gasteiger charge is -2.23. The van der Waals surface area contributed by atoms with Crippen LogP contribution >= 0.6 is 11.6 Å². The lowest BCUT2D eigenvalue weighted by atomic mass is 10.2. The topological polar surface area (TPSA) is 115 Å². The fourth-order valence-electron chi connectivity index (χ4n) is 3.40. The van der Waals surface area contributed by atoms with E-state index in [0.29, 0.717) is 35.9 Å². The number of hydrogen-bond donors (Lipinski definition) is 3. The van der Waals surface area contributed by atoms with Gasteiger partial charge in [-0.1, -0.05) is 11.6 Å². The van der Waals surface area contributed by atoms with Gasteiger partial charge < -0.3 is 14.8 Å². The largest absolute Gasteiger partial charge is 0.493 e. The highest BCUT2D eigenvalue weighted by Crippen LogP contribution is 2.38. The number of nitrogens with one attached hydrogen (secondary N) is 2. The SMILES string of the molecule is O=c1[nH]c(O)c(C2CCCN2S(=O)(=O)c2ccc(Oc3ccc(Cl)cc3)cc2)[nH]1. The molecule has 4 rings (SSSR count). The van der Waals surface area contributed by atoms with Crippen molar-refractivity contribution >= 4 is 21.6 Å². The molecular formula is C19H18ClN3O5S. The number of H-pyrrole nitrogens is 2. The third-order valence-electron chi connectivity index (χ3n) is 4.75. The van der Waals surface area contributed by atoms with Crippen molar-refractivity contribution in [2.45, 2.75) is 23.8 Å². The first-order valence-corrected chi connectivity index (χ1v) is 10.7. The van der Waals surface area contributed by atoms with Crippen LogP contribution in [-0.2, 0) is 10.0 Å². The van der Waals surface area contributed by atoms with Crippen molar-refractivity contribution in [3.63, 3.8) is 0 Å². The van der Waals surface area contributed by atoms with E-state index in [9.17, 15) is 18.3 Å². The molecule has 1 saturated heterocycles. The van der Waals surface area contributed by atoms with Crippen LogP contribution in [-0.4, -0.2) is 34.3 Å². The van der Waals surface area contributed by atoms with Gasteiger partial charge in [0.05, 0.1) is 16.6 Å². The first-order valence-electron chi connectivity index (χ1n) is 8.91. The minimum absolute atomic E-state index is 0.102. The molecule has 1 aliphatic heterocycles. The van der Waals surface area contributed by atoms with Crippen molar-refractivity contribution in [1.82, 2.24) is 14.3 Å². The van der Waals surface area contributed by atoms with Gasteiger partial charge in [0.25, 0.3) is 0 Å². The number of ether oxygens (including phenoxy) is 1. The minimum atomic E-state index is -3.83. The molecule has 2 heterocycles. The maximum absolute atomic E-state index is 13.1. The quantitative estimate of drug-likeness (QED) is 0.568. The molecule has 0 spiro atoms. The Morgan fingerprint density at radius 1 is 1.03 bits per heavy atom. The number of aromatic amines is 2. The molecule has 1 fully saturated rings. The summed E-state index contributed by atoms with van der Waals surface area (Å²) in [6, 6.07) is 12.3. The Bertz CT molecular complexity index is 1170. The van der Waals surface area contributed by atoms with E-state index in [-0.39, 0.29) is 16.5 Å². The van der Waals surface area contributed by atoms with Crippen LogP contribution in [0.2, 0.25) is 5.02 Å². The molecule has 8 nitrogen and oxygen atoms in total. The van der Waals surface area contributed by atoms with Crippen LogP contribution in [0.4, 0.5) is 0 Å². The molecule has 10 heteroatoms. The molecule has 1 atom stereocenters. The number of halogens is 1. The highest BCUT2D eigenvalue weighted by atomic mass is 35.5. The molecule has 0 radical (unpaired) electrons. The zero-order valence-corrected chi connectivity index (χ0v) is 16.7. The summed E-state index contributed by atoms with van der Waals surface area (Å²) in [5, 5.41) is 10.5. The lowest BCUT2D eigenvalue weighted by Crippen LogP contribution is -2.31. The van der Waals surface area contributed by atoms with E-state index >= 15 is 0 Å². The molecule has 29 heavy (non-hydrogen) atoms. The summed E-state index contributed by atoms with van der Waals surface area (Å²) < 4.78 is 33.2. The van der Waals surface area contributed by atoms with Crippen LogP contribution in [0.15, 0.2) is 58.2 Å². The summed E-state index contributed by atoms with van der Waals surface area (Å²) in [6.07, 6.45) is 1.12. The number of aromatic hydroxyl groups is 1. The van der Waals surface area contributed by atoms with E-state index in [4.69, 9.17) is 16.3 Å². The second kappa shape index (κ2) is 7.58. The van der Waals surface area contributed by atoms with Crippen LogP contribution in [0, 0.1) is 0 Å². The average molecular weight is 436 g/mol. The molecule has 1 unspecified atom stereocenters. The first-order chi connectivity index (χ1) is 13.8. The van der Waals surface area contributed by atoms with Gasteiger partial charge in [0.2, 0.25) is 15.9 Å². The van der Waals surface area contributed by atoms with E-state index < -0.39 is 21.8 Å². The Morgan fingerprint density at radius 2 is 1.66 bits per heavy atom. The third kappa shape index (κ3) is 3.89. The molecule has 3 N–H and O–H groups in total. The van der Waals surface area contributed by atoms with Gasteiger partial charge >= 0.3 is 5.69 Å². The van der Waals surface area contributed by atoms with Crippen molar-refractivity contribution < 1.29 is 18.3 Å². The predicted octanol–water partition coefficient (Wildman–Crippen LogP) is 3.38. The van der Waals surface area contributed by atoms with Crippen molar-refractivity contribution in [3.8, 4) is 17.4 Å². The van der Waals surface area contributed by atoms with Gasteiger partial charge in [-0.25, -0.2) is 13.2 Å². The first kappa shape index (κ1) is 19.6. The number of sulfonamides is 1. The van der Waals surface area contributed by atoms with E-state index in [0.717, 1.165) is 0 Å². The number of benzene rings is 2. The molecule has 1 aromatic heterocycles. The Balaban J connectivity index is 1.57. The standard InChI is InChI=1S/C19H18ClN3O5S/c20-12-3-5-13(6-4-12)28-14-7-9-15(10-8-14)29(26,27)23-11-1-2-16(23)17-18(24)22-19(25)21-17/h3-10,16,24H,1-2,11H2,(H2,21,22,25). The predicted molar refractivity (Wildman–Crippen MR) is 107 cm³/mol. The summed E-state index contributed by atoms with van der Waals surface area (Å²) in [6.45, 7) is 0.294. The molecule has 0 aliphatic carbocycles. The van der Waals surface area contributed by atoms with E-state index in [1.807, 2.05) is 0 Å². The Kier molecular flexibility index (Phi) is 5.12. The van der Waals surface area contributed by atoms with Crippen molar-refractivity contribution in [2.75, 3.05) is 6.54 Å². The molecule has 0 saturated carbocycles. The van der Waals surface area contributed by atoms with Crippen LogP contribution in [0.5, 0.6) is 17.4 Å². The van der Waals surface area contributed by atoms with Crippen LogP contribution < -0.4 is 10.4 Å². The molecule has 2 aromatic carbocycles. The van der Waals surface area contributed by atoms with Gasteiger partial charge in [0.1, 0.15) is 11.5 Å². The van der Waals surface area contributed by atoms with Gasteiger partial charge in [0, 0.05) is 11.6 Å². The minimum Gasteiger partial charge on any atom is -0.493 e. The lowest BCUT2D eigenvalue weighted by molar-refractivity contribution is 0.371. The van der Waals surface area contributed by atoms with Crippen LogP contribution in [0.25, 0.3) is 0 Å². The molecule has 0 amide bonds. The highest BCUT2D eigenvalue weighted by molar-refractivity contribution is 7.89. The summed E-state index contributed by atoms with van der Waals surface area (Å²) in [7, 11) is -3.83. The molecule has 0 bridgehead atoms. The van der Waals surface area contributed by atoms with Gasteiger partial charge in [-0.05, 0) is 61.4 Å². The van der Waals surface area contributed by atoms with Gasteiger partial charge in [0.15, 0.2) is 0 Å². The summed E-state index contributed by atoms with van der Waals surface area (Å²) in [4.78, 5) is 16.3. The molecule has 3 aromatic rings. The van der Waals surface area contributed by atoms with Crippen LogP contribution in [0.3, 0.4) is 0 Å². The van der Waals surface area contributed by atoms with Crippen molar-refractivity contribution in [2.24, 2.45) is 0 Å². The second-order valence-corrected chi connectivity index (χ2v) is 8.97. The van der Waals surface area contributed by atoms with Crippen molar-refractivity contribution in [3.05, 3.63) is 69.7 Å². The van der Waals surface area contributed by atoms with E-state index in [1.54, 1.807) is 36.4 Å². The van der Waals surface area contributed by atoms with E-state index in [2.05, 4.69) is 9.97 Å².